The molecule has 0 bridgehead atoms. The molecule has 0 aromatic carbocycles. The zero-order valence-corrected chi connectivity index (χ0v) is 10.4. The predicted octanol–water partition coefficient (Wildman–Crippen LogP) is 0.448. The number of carbonyl (C=O) groups excluding carboxylic acids is 1. The van der Waals surface area contributed by atoms with Crippen molar-refractivity contribution in [2.24, 2.45) is 11.7 Å². The molecule has 0 aromatic rings. The lowest BCUT2D eigenvalue weighted by Crippen LogP contribution is -2.50. The van der Waals surface area contributed by atoms with Gasteiger partial charge in [0.25, 0.3) is 0 Å². The lowest BCUT2D eigenvalue weighted by Gasteiger charge is -2.29. The first-order valence-electron chi connectivity index (χ1n) is 5.81. The van der Waals surface area contributed by atoms with E-state index in [0.717, 1.165) is 19.5 Å². The highest BCUT2D eigenvalue weighted by molar-refractivity contribution is 5.67. The van der Waals surface area contributed by atoms with Crippen LogP contribution in [-0.2, 0) is 4.74 Å². The van der Waals surface area contributed by atoms with Crippen molar-refractivity contribution >= 4 is 6.09 Å². The fourth-order valence-electron chi connectivity index (χ4n) is 1.72. The zero-order valence-electron chi connectivity index (χ0n) is 10.4. The summed E-state index contributed by atoms with van der Waals surface area (Å²) in [4.78, 5) is 11.4. The van der Waals surface area contributed by atoms with Gasteiger partial charge in [-0.15, -0.1) is 0 Å². The van der Waals surface area contributed by atoms with Gasteiger partial charge in [0.2, 0.25) is 0 Å². The number of piperidine rings is 1. The summed E-state index contributed by atoms with van der Waals surface area (Å²) in [6.07, 6.45) is 0.634. The number of rotatable bonds is 2. The molecule has 5 nitrogen and oxygen atoms in total. The lowest BCUT2D eigenvalue weighted by atomic mass is 9.93. The Kier molecular flexibility index (Phi) is 4.56. The summed E-state index contributed by atoms with van der Waals surface area (Å²) in [6, 6.07) is 0.115. The molecule has 1 fully saturated rings. The van der Waals surface area contributed by atoms with Crippen molar-refractivity contribution in [2.75, 3.05) is 19.6 Å². The normalized spacial score (nSPS) is 26.2. The Hall–Kier alpha value is -0.810. The van der Waals surface area contributed by atoms with Crippen molar-refractivity contribution in [3.63, 3.8) is 0 Å². The fraction of sp³-hybridized carbons (Fsp3) is 0.909. The molecule has 94 valence electrons. The summed E-state index contributed by atoms with van der Waals surface area (Å²) in [5, 5.41) is 5.99. The third kappa shape index (κ3) is 4.81. The van der Waals surface area contributed by atoms with Crippen LogP contribution >= 0.6 is 0 Å². The van der Waals surface area contributed by atoms with Gasteiger partial charge in [0, 0.05) is 19.1 Å². The van der Waals surface area contributed by atoms with Gasteiger partial charge in [-0.05, 0) is 39.7 Å². The van der Waals surface area contributed by atoms with Crippen LogP contribution in [-0.4, -0.2) is 37.4 Å². The van der Waals surface area contributed by atoms with Crippen LogP contribution in [0.1, 0.15) is 27.2 Å². The van der Waals surface area contributed by atoms with Gasteiger partial charge >= 0.3 is 6.09 Å². The number of nitrogens with one attached hydrogen (secondary N) is 2. The second kappa shape index (κ2) is 5.50. The maximum absolute atomic E-state index is 11.4. The topological polar surface area (TPSA) is 76.4 Å². The summed E-state index contributed by atoms with van der Waals surface area (Å²) in [5.74, 6) is 0.341. The van der Waals surface area contributed by atoms with Gasteiger partial charge < -0.3 is 21.1 Å². The van der Waals surface area contributed by atoms with Crippen LogP contribution in [0.25, 0.3) is 0 Å². The van der Waals surface area contributed by atoms with E-state index in [4.69, 9.17) is 10.5 Å². The van der Waals surface area contributed by atoms with Crippen LogP contribution in [0.4, 0.5) is 4.79 Å². The van der Waals surface area contributed by atoms with Crippen molar-refractivity contribution < 1.29 is 9.53 Å². The third-order valence-electron chi connectivity index (χ3n) is 2.58. The van der Waals surface area contributed by atoms with Crippen LogP contribution in [0.3, 0.4) is 0 Å². The Bertz CT molecular complexity index is 238. The van der Waals surface area contributed by atoms with E-state index in [1.165, 1.54) is 0 Å². The molecule has 0 saturated carbocycles. The number of ether oxygens (including phenoxy) is 1. The Labute approximate surface area is 97.1 Å². The van der Waals surface area contributed by atoms with Gasteiger partial charge in [-0.3, -0.25) is 0 Å². The molecule has 0 radical (unpaired) electrons. The Balaban J connectivity index is 2.25. The average molecular weight is 229 g/mol. The van der Waals surface area contributed by atoms with Gasteiger partial charge in [-0.2, -0.15) is 0 Å². The largest absolute Gasteiger partial charge is 0.444 e. The molecule has 2 atom stereocenters. The molecule has 5 heteroatoms. The first-order valence-corrected chi connectivity index (χ1v) is 5.81. The molecule has 0 aliphatic carbocycles. The molecule has 1 rings (SSSR count). The molecule has 1 saturated heterocycles. The van der Waals surface area contributed by atoms with Crippen LogP contribution in [0, 0.1) is 5.92 Å². The van der Waals surface area contributed by atoms with E-state index >= 15 is 0 Å². The Morgan fingerprint density at radius 2 is 2.25 bits per heavy atom. The smallest absolute Gasteiger partial charge is 0.407 e. The number of nitrogens with two attached hydrogens (primary N) is 1. The second-order valence-electron chi connectivity index (χ2n) is 5.30. The highest BCUT2D eigenvalue weighted by atomic mass is 16.6. The maximum atomic E-state index is 11.4. The minimum atomic E-state index is -0.444. The SMILES string of the molecule is CC(C)(C)OC(=O)NC[C@@H]1CCNC[C@@H]1N. The second-order valence-corrected chi connectivity index (χ2v) is 5.30. The molecule has 1 aliphatic rings. The van der Waals surface area contributed by atoms with Crippen LogP contribution in [0.2, 0.25) is 0 Å². The van der Waals surface area contributed by atoms with Gasteiger partial charge in [0.15, 0.2) is 0 Å². The van der Waals surface area contributed by atoms with Gasteiger partial charge in [0.05, 0.1) is 0 Å². The van der Waals surface area contributed by atoms with E-state index < -0.39 is 5.60 Å². The van der Waals surface area contributed by atoms with Crippen LogP contribution in [0.15, 0.2) is 0 Å². The summed E-state index contributed by atoms with van der Waals surface area (Å²) in [6.45, 7) is 7.93. The van der Waals surface area contributed by atoms with E-state index in [-0.39, 0.29) is 12.1 Å². The quantitative estimate of drug-likeness (QED) is 0.642. The van der Waals surface area contributed by atoms with E-state index in [9.17, 15) is 4.79 Å². The minimum Gasteiger partial charge on any atom is -0.444 e. The van der Waals surface area contributed by atoms with Crippen LogP contribution < -0.4 is 16.4 Å². The molecule has 0 aromatic heterocycles. The molecule has 1 amide bonds. The van der Waals surface area contributed by atoms with Gasteiger partial charge in [0.1, 0.15) is 5.60 Å². The zero-order chi connectivity index (χ0) is 12.2. The molecule has 1 aliphatic heterocycles. The lowest BCUT2D eigenvalue weighted by molar-refractivity contribution is 0.0514. The van der Waals surface area contributed by atoms with Gasteiger partial charge in [-0.25, -0.2) is 4.79 Å². The first-order chi connectivity index (χ1) is 7.38. The third-order valence-corrected chi connectivity index (χ3v) is 2.58. The summed E-state index contributed by atoms with van der Waals surface area (Å²) < 4.78 is 5.16. The van der Waals surface area contributed by atoms with Crippen molar-refractivity contribution in [3.8, 4) is 0 Å². The van der Waals surface area contributed by atoms with Crippen molar-refractivity contribution in [3.05, 3.63) is 0 Å². The molecular formula is C11H23N3O2. The molecule has 16 heavy (non-hydrogen) atoms. The van der Waals surface area contributed by atoms with Gasteiger partial charge in [-0.1, -0.05) is 0 Å². The predicted molar refractivity (Wildman–Crippen MR) is 63.2 cm³/mol. The highest BCUT2D eigenvalue weighted by Crippen LogP contribution is 2.10. The van der Waals surface area contributed by atoms with Crippen molar-refractivity contribution in [1.82, 2.24) is 10.6 Å². The molecule has 0 spiro atoms. The van der Waals surface area contributed by atoms with E-state index in [1.54, 1.807) is 0 Å². The Morgan fingerprint density at radius 3 is 2.81 bits per heavy atom. The Morgan fingerprint density at radius 1 is 1.56 bits per heavy atom. The van der Waals surface area contributed by atoms with E-state index in [2.05, 4.69) is 10.6 Å². The molecule has 1 heterocycles. The summed E-state index contributed by atoms with van der Waals surface area (Å²) in [7, 11) is 0. The highest BCUT2D eigenvalue weighted by Gasteiger charge is 2.23. The average Bonchev–Trinajstić information content (AvgIpc) is 2.14. The number of carbonyl (C=O) groups is 1. The number of hydrogen-bond donors (Lipinski definition) is 3. The fourth-order valence-corrected chi connectivity index (χ4v) is 1.72. The molecular weight excluding hydrogens is 206 g/mol. The number of hydrogen-bond acceptors (Lipinski definition) is 4. The van der Waals surface area contributed by atoms with Crippen molar-refractivity contribution in [1.29, 1.82) is 0 Å². The maximum Gasteiger partial charge on any atom is 0.407 e. The number of alkyl carbamates (subject to hydrolysis) is 1. The van der Waals surface area contributed by atoms with Crippen molar-refractivity contribution in [2.45, 2.75) is 38.8 Å². The molecule has 0 unspecified atom stereocenters. The number of amides is 1. The summed E-state index contributed by atoms with van der Waals surface area (Å²) >= 11 is 0. The monoisotopic (exact) mass is 229 g/mol. The van der Waals surface area contributed by atoms with E-state index in [1.807, 2.05) is 20.8 Å². The van der Waals surface area contributed by atoms with E-state index in [0.29, 0.717) is 12.5 Å². The minimum absolute atomic E-state index is 0.115. The first kappa shape index (κ1) is 13.3. The summed E-state index contributed by atoms with van der Waals surface area (Å²) in [5.41, 5.74) is 5.49. The van der Waals surface area contributed by atoms with Crippen LogP contribution in [0.5, 0.6) is 0 Å². The molecule has 4 N–H and O–H groups in total. The standard InChI is InChI=1S/C11H23N3O2/c1-11(2,3)16-10(15)14-6-8-4-5-13-7-9(8)12/h8-9,13H,4-7,12H2,1-3H3,(H,14,15)/t8-,9-/m0/s1.